The van der Waals surface area contributed by atoms with Crippen LogP contribution < -0.4 is 20.1 Å². The number of halogens is 2. The summed E-state index contributed by atoms with van der Waals surface area (Å²) in [6.07, 6.45) is 0. The van der Waals surface area contributed by atoms with Crippen molar-refractivity contribution in [1.29, 1.82) is 0 Å². The smallest absolute Gasteiger partial charge is 0.191 e. The molecule has 2 N–H and O–H groups in total. The van der Waals surface area contributed by atoms with Crippen molar-refractivity contribution in [3.8, 4) is 11.5 Å². The number of methoxy groups -OCH3 is 1. The molecule has 0 spiro atoms. The Labute approximate surface area is 170 Å². The summed E-state index contributed by atoms with van der Waals surface area (Å²) in [6.45, 7) is 1.78. The van der Waals surface area contributed by atoms with E-state index < -0.39 is 0 Å². The molecule has 0 atom stereocenters. The zero-order valence-electron chi connectivity index (χ0n) is 14.3. The van der Waals surface area contributed by atoms with Gasteiger partial charge in [-0.05, 0) is 30.3 Å². The first-order valence-corrected chi connectivity index (χ1v) is 8.05. The van der Waals surface area contributed by atoms with Crippen molar-refractivity contribution in [3.63, 3.8) is 0 Å². The van der Waals surface area contributed by atoms with Gasteiger partial charge in [0, 0.05) is 24.2 Å². The Kier molecular flexibility index (Phi) is 10.1. The monoisotopic (exact) mass is 475 g/mol. The molecule has 0 aliphatic rings. The normalized spacial score (nSPS) is 10.6. The molecule has 0 radical (unpaired) electrons. The number of rotatable bonds is 7. The molecule has 0 aromatic heterocycles. The van der Waals surface area contributed by atoms with E-state index in [-0.39, 0.29) is 24.0 Å². The largest absolute Gasteiger partial charge is 0.496 e. The third-order valence-corrected chi connectivity index (χ3v) is 3.59. The molecular formula is C18H23ClIN3O2. The van der Waals surface area contributed by atoms with E-state index in [2.05, 4.69) is 15.6 Å². The molecule has 2 aromatic rings. The van der Waals surface area contributed by atoms with Crippen LogP contribution in [0.1, 0.15) is 5.56 Å². The molecule has 0 amide bonds. The standard InChI is InChI=1S/C18H22ClN3O2.HI/c1-20-18(22-13-14-5-3-4-6-17(14)23-2)21-11-12-24-16-9-7-15(19)8-10-16;/h3-10H,11-13H2,1-2H3,(H2,20,21,22);1H. The second-order valence-corrected chi connectivity index (χ2v) is 5.40. The molecule has 5 nitrogen and oxygen atoms in total. The Morgan fingerprint density at radius 1 is 1.08 bits per heavy atom. The summed E-state index contributed by atoms with van der Waals surface area (Å²) in [4.78, 5) is 4.20. The first kappa shape index (κ1) is 21.4. The topological polar surface area (TPSA) is 54.9 Å². The third-order valence-electron chi connectivity index (χ3n) is 3.34. The maximum atomic E-state index is 5.84. The molecular weight excluding hydrogens is 453 g/mol. The maximum absolute atomic E-state index is 5.84. The summed E-state index contributed by atoms with van der Waals surface area (Å²) in [5, 5.41) is 7.15. The predicted molar refractivity (Wildman–Crippen MR) is 114 cm³/mol. The molecule has 0 aliphatic heterocycles. The van der Waals surface area contributed by atoms with Crippen LogP contribution in [0.5, 0.6) is 11.5 Å². The average Bonchev–Trinajstić information content (AvgIpc) is 2.63. The summed E-state index contributed by atoms with van der Waals surface area (Å²) in [5.41, 5.74) is 1.07. The van der Waals surface area contributed by atoms with Crippen LogP contribution in [0.15, 0.2) is 53.5 Å². The van der Waals surface area contributed by atoms with Crippen molar-refractivity contribution in [2.24, 2.45) is 4.99 Å². The van der Waals surface area contributed by atoms with Gasteiger partial charge in [0.15, 0.2) is 5.96 Å². The fourth-order valence-corrected chi connectivity index (χ4v) is 2.24. The third kappa shape index (κ3) is 7.39. The lowest BCUT2D eigenvalue weighted by Crippen LogP contribution is -2.38. The van der Waals surface area contributed by atoms with Gasteiger partial charge in [0.1, 0.15) is 18.1 Å². The molecule has 0 aliphatic carbocycles. The number of hydrogen-bond acceptors (Lipinski definition) is 3. The van der Waals surface area contributed by atoms with Gasteiger partial charge in [0.25, 0.3) is 0 Å². The number of nitrogens with one attached hydrogen (secondary N) is 2. The lowest BCUT2D eigenvalue weighted by molar-refractivity contribution is 0.322. The number of para-hydroxylation sites is 1. The van der Waals surface area contributed by atoms with E-state index in [1.807, 2.05) is 36.4 Å². The van der Waals surface area contributed by atoms with E-state index in [1.54, 1.807) is 26.3 Å². The minimum atomic E-state index is 0. The van der Waals surface area contributed by atoms with Crippen LogP contribution in [0.3, 0.4) is 0 Å². The summed E-state index contributed by atoms with van der Waals surface area (Å²) in [5.74, 6) is 2.35. The van der Waals surface area contributed by atoms with E-state index >= 15 is 0 Å². The molecule has 136 valence electrons. The number of nitrogens with zero attached hydrogens (tertiary/aromatic N) is 1. The molecule has 0 heterocycles. The van der Waals surface area contributed by atoms with Crippen LogP contribution in [0.2, 0.25) is 5.02 Å². The molecule has 0 bridgehead atoms. The Morgan fingerprint density at radius 3 is 2.48 bits per heavy atom. The second kappa shape index (κ2) is 11.8. The summed E-state index contributed by atoms with van der Waals surface area (Å²) in [7, 11) is 3.40. The van der Waals surface area contributed by atoms with Crippen LogP contribution in [0, 0.1) is 0 Å². The van der Waals surface area contributed by atoms with Gasteiger partial charge in [0.2, 0.25) is 0 Å². The first-order chi connectivity index (χ1) is 11.7. The SMILES string of the molecule is CN=C(NCCOc1ccc(Cl)cc1)NCc1ccccc1OC.I. The lowest BCUT2D eigenvalue weighted by atomic mass is 10.2. The quantitative estimate of drug-likeness (QED) is 0.277. The molecule has 0 unspecified atom stereocenters. The minimum Gasteiger partial charge on any atom is -0.496 e. The van der Waals surface area contributed by atoms with Crippen molar-refractivity contribution >= 4 is 41.5 Å². The highest BCUT2D eigenvalue weighted by Gasteiger charge is 2.03. The van der Waals surface area contributed by atoms with E-state index in [4.69, 9.17) is 21.1 Å². The molecule has 2 rings (SSSR count). The highest BCUT2D eigenvalue weighted by Crippen LogP contribution is 2.16. The van der Waals surface area contributed by atoms with E-state index in [0.717, 1.165) is 17.1 Å². The van der Waals surface area contributed by atoms with Gasteiger partial charge in [-0.15, -0.1) is 24.0 Å². The Hall–Kier alpha value is -1.67. The van der Waals surface area contributed by atoms with Crippen molar-refractivity contribution in [1.82, 2.24) is 10.6 Å². The van der Waals surface area contributed by atoms with E-state index in [9.17, 15) is 0 Å². The molecule has 0 saturated carbocycles. The van der Waals surface area contributed by atoms with Crippen LogP contribution in [-0.4, -0.2) is 33.3 Å². The van der Waals surface area contributed by atoms with Crippen LogP contribution in [-0.2, 0) is 6.54 Å². The summed E-state index contributed by atoms with van der Waals surface area (Å²) in [6, 6.07) is 15.2. The van der Waals surface area contributed by atoms with Crippen molar-refractivity contribution < 1.29 is 9.47 Å². The molecule has 0 saturated heterocycles. The van der Waals surface area contributed by atoms with Gasteiger partial charge in [-0.2, -0.15) is 0 Å². The summed E-state index contributed by atoms with van der Waals surface area (Å²) < 4.78 is 11.0. The number of ether oxygens (including phenoxy) is 2. The number of aliphatic imine (C=N–C) groups is 1. The highest BCUT2D eigenvalue weighted by molar-refractivity contribution is 14.0. The highest BCUT2D eigenvalue weighted by atomic mass is 127. The fraction of sp³-hybridized carbons (Fsp3) is 0.278. The Balaban J connectivity index is 0.00000312. The minimum absolute atomic E-state index is 0. The van der Waals surface area contributed by atoms with Gasteiger partial charge < -0.3 is 20.1 Å². The van der Waals surface area contributed by atoms with Crippen LogP contribution in [0.4, 0.5) is 0 Å². The average molecular weight is 476 g/mol. The Bertz CT molecular complexity index is 666. The molecule has 0 fully saturated rings. The number of guanidine groups is 1. The second-order valence-electron chi connectivity index (χ2n) is 4.97. The van der Waals surface area contributed by atoms with Crippen molar-refractivity contribution in [2.75, 3.05) is 27.3 Å². The van der Waals surface area contributed by atoms with Gasteiger partial charge in [0.05, 0.1) is 13.7 Å². The van der Waals surface area contributed by atoms with E-state index in [1.165, 1.54) is 0 Å². The van der Waals surface area contributed by atoms with Crippen LogP contribution >= 0.6 is 35.6 Å². The molecule has 25 heavy (non-hydrogen) atoms. The van der Waals surface area contributed by atoms with Crippen molar-refractivity contribution in [3.05, 3.63) is 59.1 Å². The van der Waals surface area contributed by atoms with Crippen LogP contribution in [0.25, 0.3) is 0 Å². The molecule has 7 heteroatoms. The van der Waals surface area contributed by atoms with Gasteiger partial charge in [-0.25, -0.2) is 0 Å². The summed E-state index contributed by atoms with van der Waals surface area (Å²) >= 11 is 5.84. The van der Waals surface area contributed by atoms with E-state index in [0.29, 0.717) is 30.7 Å². The Morgan fingerprint density at radius 2 is 1.80 bits per heavy atom. The fourth-order valence-electron chi connectivity index (χ4n) is 2.12. The van der Waals surface area contributed by atoms with Crippen molar-refractivity contribution in [2.45, 2.75) is 6.54 Å². The maximum Gasteiger partial charge on any atom is 0.191 e. The predicted octanol–water partition coefficient (Wildman–Crippen LogP) is 3.71. The van der Waals surface area contributed by atoms with Gasteiger partial charge in [-0.3, -0.25) is 4.99 Å². The zero-order valence-corrected chi connectivity index (χ0v) is 17.4. The zero-order chi connectivity index (χ0) is 17.2. The molecule has 2 aromatic carbocycles. The number of benzene rings is 2. The first-order valence-electron chi connectivity index (χ1n) is 7.67. The lowest BCUT2D eigenvalue weighted by Gasteiger charge is -2.14. The number of hydrogen-bond donors (Lipinski definition) is 2. The van der Waals surface area contributed by atoms with Gasteiger partial charge in [-0.1, -0.05) is 29.8 Å². The van der Waals surface area contributed by atoms with Gasteiger partial charge >= 0.3 is 0 Å².